The van der Waals surface area contributed by atoms with E-state index in [1.807, 2.05) is 13.0 Å². The van der Waals surface area contributed by atoms with Crippen LogP contribution in [0.3, 0.4) is 0 Å². The van der Waals surface area contributed by atoms with Gasteiger partial charge in [0.15, 0.2) is 0 Å². The second-order valence-electron chi connectivity index (χ2n) is 4.21. The summed E-state index contributed by atoms with van der Waals surface area (Å²) < 4.78 is 26.3. The molecular formula is C14H22N2O2S2. The molecule has 0 radical (unpaired) electrons. The summed E-state index contributed by atoms with van der Waals surface area (Å²) >= 11 is 1.80. The van der Waals surface area contributed by atoms with Crippen LogP contribution in [0.5, 0.6) is 0 Å². The molecule has 0 saturated carbocycles. The van der Waals surface area contributed by atoms with Crippen LogP contribution >= 0.6 is 11.8 Å². The van der Waals surface area contributed by atoms with E-state index in [4.69, 9.17) is 0 Å². The summed E-state index contributed by atoms with van der Waals surface area (Å²) in [7, 11) is -3.36. The van der Waals surface area contributed by atoms with Gasteiger partial charge < -0.3 is 5.32 Å². The maximum absolute atomic E-state index is 11.9. The fraction of sp³-hybridized carbons (Fsp3) is 0.429. The minimum Gasteiger partial charge on any atom is -0.384 e. The van der Waals surface area contributed by atoms with Gasteiger partial charge in [-0.3, -0.25) is 0 Å². The lowest BCUT2D eigenvalue weighted by Crippen LogP contribution is -2.24. The van der Waals surface area contributed by atoms with Crippen molar-refractivity contribution in [3.05, 3.63) is 36.9 Å². The normalized spacial score (nSPS) is 11.2. The third-order valence-electron chi connectivity index (χ3n) is 2.52. The lowest BCUT2D eigenvalue weighted by molar-refractivity contribution is 0.581. The second-order valence-corrected chi connectivity index (χ2v) is 7.13. The lowest BCUT2D eigenvalue weighted by Gasteiger charge is -2.08. The van der Waals surface area contributed by atoms with Crippen LogP contribution in [0.25, 0.3) is 0 Å². The Balaban J connectivity index is 2.49. The van der Waals surface area contributed by atoms with Crippen molar-refractivity contribution in [2.24, 2.45) is 0 Å². The van der Waals surface area contributed by atoms with E-state index in [0.29, 0.717) is 11.4 Å². The average molecular weight is 314 g/mol. The molecule has 0 unspecified atom stereocenters. The first-order valence-corrected chi connectivity index (χ1v) is 9.26. The third-order valence-corrected chi connectivity index (χ3v) is 4.96. The van der Waals surface area contributed by atoms with Gasteiger partial charge in [0, 0.05) is 30.3 Å². The van der Waals surface area contributed by atoms with Gasteiger partial charge in [0.05, 0.1) is 4.90 Å². The first kappa shape index (κ1) is 17.1. The zero-order chi connectivity index (χ0) is 14.8. The highest BCUT2D eigenvalue weighted by atomic mass is 32.2. The van der Waals surface area contributed by atoms with Crippen LogP contribution in [0, 0.1) is 0 Å². The minimum atomic E-state index is -3.36. The van der Waals surface area contributed by atoms with E-state index in [-0.39, 0.29) is 0 Å². The molecule has 0 heterocycles. The zero-order valence-corrected chi connectivity index (χ0v) is 13.4. The van der Waals surface area contributed by atoms with Crippen molar-refractivity contribution in [1.29, 1.82) is 0 Å². The molecule has 4 nitrogen and oxygen atoms in total. The number of benzene rings is 1. The second kappa shape index (κ2) is 9.05. The molecule has 1 aromatic rings. The molecule has 0 aromatic heterocycles. The molecule has 20 heavy (non-hydrogen) atoms. The third kappa shape index (κ3) is 5.98. The minimum absolute atomic E-state index is 0.303. The fourth-order valence-electron chi connectivity index (χ4n) is 1.51. The molecule has 0 fully saturated rings. The van der Waals surface area contributed by atoms with Crippen LogP contribution in [0.4, 0.5) is 5.69 Å². The SMILES string of the molecule is C=CCSCCNc1ccc(S(=O)(=O)NCCC)cc1. The van der Waals surface area contributed by atoms with Gasteiger partial charge in [-0.2, -0.15) is 11.8 Å². The molecule has 6 heteroatoms. The highest BCUT2D eigenvalue weighted by molar-refractivity contribution is 7.99. The molecule has 1 aromatic carbocycles. The van der Waals surface area contributed by atoms with Crippen molar-refractivity contribution >= 4 is 27.5 Å². The van der Waals surface area contributed by atoms with Crippen LogP contribution in [-0.2, 0) is 10.0 Å². The summed E-state index contributed by atoms with van der Waals surface area (Å²) in [5.41, 5.74) is 0.929. The van der Waals surface area contributed by atoms with Crippen LogP contribution < -0.4 is 10.0 Å². The maximum atomic E-state index is 11.9. The van der Waals surface area contributed by atoms with Crippen molar-refractivity contribution in [2.45, 2.75) is 18.2 Å². The van der Waals surface area contributed by atoms with Crippen LogP contribution in [0.15, 0.2) is 41.8 Å². The molecule has 0 atom stereocenters. The molecule has 0 aliphatic carbocycles. The summed E-state index contributed by atoms with van der Waals surface area (Å²) in [6.07, 6.45) is 2.66. The zero-order valence-electron chi connectivity index (χ0n) is 11.8. The van der Waals surface area contributed by atoms with Crippen LogP contribution in [-0.4, -0.2) is 33.0 Å². The van der Waals surface area contributed by atoms with Crippen LogP contribution in [0.1, 0.15) is 13.3 Å². The average Bonchev–Trinajstić information content (AvgIpc) is 2.45. The van der Waals surface area contributed by atoms with Crippen molar-refractivity contribution in [3.8, 4) is 0 Å². The van der Waals surface area contributed by atoms with Crippen molar-refractivity contribution < 1.29 is 8.42 Å². The van der Waals surface area contributed by atoms with Gasteiger partial charge in [0.1, 0.15) is 0 Å². The van der Waals surface area contributed by atoms with E-state index in [0.717, 1.165) is 30.2 Å². The van der Waals surface area contributed by atoms with E-state index >= 15 is 0 Å². The van der Waals surface area contributed by atoms with Gasteiger partial charge in [-0.1, -0.05) is 13.0 Å². The molecule has 2 N–H and O–H groups in total. The van der Waals surface area contributed by atoms with Gasteiger partial charge in [-0.25, -0.2) is 13.1 Å². The Bertz CT molecular complexity index is 498. The predicted octanol–water partition coefficient (Wildman–Crippen LogP) is 2.71. The number of nitrogens with one attached hydrogen (secondary N) is 2. The Kier molecular flexibility index (Phi) is 7.72. The van der Waals surface area contributed by atoms with Gasteiger partial charge in [-0.15, -0.1) is 6.58 Å². The van der Waals surface area contributed by atoms with Gasteiger partial charge in [0.2, 0.25) is 10.0 Å². The Hall–Kier alpha value is -0.980. The first-order chi connectivity index (χ1) is 9.60. The summed E-state index contributed by atoms with van der Waals surface area (Å²) in [6, 6.07) is 6.83. The number of anilines is 1. The number of rotatable bonds is 10. The molecule has 0 amide bonds. The van der Waals surface area contributed by atoms with Gasteiger partial charge in [-0.05, 0) is 30.7 Å². The Morgan fingerprint density at radius 2 is 1.95 bits per heavy atom. The van der Waals surface area contributed by atoms with Crippen molar-refractivity contribution in [3.63, 3.8) is 0 Å². The van der Waals surface area contributed by atoms with E-state index < -0.39 is 10.0 Å². The summed E-state index contributed by atoms with van der Waals surface area (Å²) in [5, 5.41) is 3.26. The Morgan fingerprint density at radius 1 is 1.25 bits per heavy atom. The quantitative estimate of drug-likeness (QED) is 0.515. The van der Waals surface area contributed by atoms with Crippen molar-refractivity contribution in [1.82, 2.24) is 4.72 Å². The molecule has 0 aliphatic heterocycles. The van der Waals surface area contributed by atoms with E-state index in [1.54, 1.807) is 36.0 Å². The topological polar surface area (TPSA) is 58.2 Å². The summed E-state index contributed by atoms with van der Waals surface area (Å²) in [5.74, 6) is 1.94. The molecular weight excluding hydrogens is 292 g/mol. The molecule has 0 aliphatic rings. The smallest absolute Gasteiger partial charge is 0.240 e. The maximum Gasteiger partial charge on any atom is 0.240 e. The lowest BCUT2D eigenvalue weighted by atomic mass is 10.3. The number of hydrogen-bond acceptors (Lipinski definition) is 4. The standard InChI is InChI=1S/C14H22N2O2S2/c1-3-9-16-20(17,18)14-7-5-13(6-8-14)15-10-12-19-11-4-2/h4-8,15-16H,2-3,9-12H2,1H3. The summed E-state index contributed by atoms with van der Waals surface area (Å²) in [4.78, 5) is 0.303. The fourth-order valence-corrected chi connectivity index (χ4v) is 3.22. The molecule has 1 rings (SSSR count). The number of sulfonamides is 1. The Morgan fingerprint density at radius 3 is 2.55 bits per heavy atom. The van der Waals surface area contributed by atoms with E-state index in [2.05, 4.69) is 16.6 Å². The molecule has 0 saturated heterocycles. The molecule has 112 valence electrons. The number of hydrogen-bond donors (Lipinski definition) is 2. The highest BCUT2D eigenvalue weighted by Gasteiger charge is 2.12. The van der Waals surface area contributed by atoms with E-state index in [1.165, 1.54) is 0 Å². The monoisotopic (exact) mass is 314 g/mol. The van der Waals surface area contributed by atoms with Crippen LogP contribution in [0.2, 0.25) is 0 Å². The predicted molar refractivity (Wildman–Crippen MR) is 87.9 cm³/mol. The first-order valence-electron chi connectivity index (χ1n) is 6.62. The van der Waals surface area contributed by atoms with Gasteiger partial charge in [0.25, 0.3) is 0 Å². The highest BCUT2D eigenvalue weighted by Crippen LogP contribution is 2.14. The summed E-state index contributed by atoms with van der Waals surface area (Å²) in [6.45, 7) is 6.90. The molecule has 0 bridgehead atoms. The largest absolute Gasteiger partial charge is 0.384 e. The van der Waals surface area contributed by atoms with Crippen molar-refractivity contribution in [2.75, 3.05) is 29.9 Å². The van der Waals surface area contributed by atoms with E-state index in [9.17, 15) is 8.42 Å². The Labute approximate surface area is 126 Å². The molecule has 0 spiro atoms. The van der Waals surface area contributed by atoms with Gasteiger partial charge >= 0.3 is 0 Å². The number of thioether (sulfide) groups is 1.